The average molecular weight is 471 g/mol. The normalized spacial score (nSPS) is 20.6. The Morgan fingerprint density at radius 2 is 2.04 bits per heavy atom. The summed E-state index contributed by atoms with van der Waals surface area (Å²) in [7, 11) is 1.88. The number of hydrogen-bond donors (Lipinski definition) is 1. The monoisotopic (exact) mass is 471 g/mol. The Morgan fingerprint density at radius 3 is 2.65 bits per heavy atom. The summed E-state index contributed by atoms with van der Waals surface area (Å²) in [4.78, 5) is 13.9. The molecule has 5 nitrogen and oxygen atoms in total. The second-order valence-electron chi connectivity index (χ2n) is 7.85. The smallest absolute Gasteiger partial charge is 0.193 e. The van der Waals surface area contributed by atoms with E-state index in [-0.39, 0.29) is 24.0 Å². The highest BCUT2D eigenvalue weighted by atomic mass is 127. The summed E-state index contributed by atoms with van der Waals surface area (Å²) >= 11 is 0. The molecule has 0 bridgehead atoms. The molecule has 0 amide bonds. The van der Waals surface area contributed by atoms with Crippen LogP contribution >= 0.6 is 24.0 Å². The SMILES string of the molecule is CN=C(NCc1ccc(N2CCCC2)nc1)N1CCC(CC(C)C)C1.I. The summed E-state index contributed by atoms with van der Waals surface area (Å²) in [6.45, 7) is 9.94. The highest BCUT2D eigenvalue weighted by molar-refractivity contribution is 14.0. The third kappa shape index (κ3) is 5.72. The fraction of sp³-hybridized carbons (Fsp3) is 0.700. The van der Waals surface area contributed by atoms with E-state index in [4.69, 9.17) is 0 Å². The molecule has 1 aromatic rings. The molecule has 0 aliphatic carbocycles. The Bertz CT molecular complexity index is 566. The fourth-order valence-corrected chi connectivity index (χ4v) is 4.05. The standard InChI is InChI=1S/C20H33N5.HI/c1-16(2)12-17-8-11-25(15-17)20(21-3)23-14-18-6-7-19(22-13-18)24-9-4-5-10-24;/h6-7,13,16-17H,4-5,8-12,14-15H2,1-3H3,(H,21,23);1H. The quantitative estimate of drug-likeness (QED) is 0.404. The van der Waals surface area contributed by atoms with Gasteiger partial charge in [-0.1, -0.05) is 19.9 Å². The van der Waals surface area contributed by atoms with E-state index in [1.807, 2.05) is 13.2 Å². The van der Waals surface area contributed by atoms with Gasteiger partial charge in [-0.2, -0.15) is 0 Å². The Hall–Kier alpha value is -1.05. The Labute approximate surface area is 175 Å². The van der Waals surface area contributed by atoms with Crippen LogP contribution in [0.3, 0.4) is 0 Å². The minimum atomic E-state index is 0. The van der Waals surface area contributed by atoms with Crippen molar-refractivity contribution in [1.29, 1.82) is 0 Å². The fourth-order valence-electron chi connectivity index (χ4n) is 4.05. The van der Waals surface area contributed by atoms with Crippen LogP contribution in [0.25, 0.3) is 0 Å². The maximum Gasteiger partial charge on any atom is 0.193 e. The summed E-state index contributed by atoms with van der Waals surface area (Å²) in [6, 6.07) is 4.34. The first kappa shape index (κ1) is 21.3. The topological polar surface area (TPSA) is 43.8 Å². The minimum absolute atomic E-state index is 0. The van der Waals surface area contributed by atoms with Crippen molar-refractivity contribution in [2.24, 2.45) is 16.8 Å². The molecule has 0 spiro atoms. The number of nitrogens with zero attached hydrogens (tertiary/aromatic N) is 4. The van der Waals surface area contributed by atoms with E-state index < -0.39 is 0 Å². The lowest BCUT2D eigenvalue weighted by molar-refractivity contribution is 0.403. The minimum Gasteiger partial charge on any atom is -0.357 e. The summed E-state index contributed by atoms with van der Waals surface area (Å²) in [5, 5.41) is 3.51. The van der Waals surface area contributed by atoms with Crippen molar-refractivity contribution in [1.82, 2.24) is 15.2 Å². The lowest BCUT2D eigenvalue weighted by Crippen LogP contribution is -2.39. The number of guanidine groups is 1. The van der Waals surface area contributed by atoms with Crippen LogP contribution in [0.4, 0.5) is 5.82 Å². The zero-order valence-corrected chi connectivity index (χ0v) is 18.8. The Balaban J connectivity index is 0.00000243. The molecule has 0 saturated carbocycles. The molecule has 1 aromatic heterocycles. The van der Waals surface area contributed by atoms with Crippen LogP contribution in [0.5, 0.6) is 0 Å². The van der Waals surface area contributed by atoms with Crippen molar-refractivity contribution in [2.45, 2.75) is 46.1 Å². The predicted octanol–water partition coefficient (Wildman–Crippen LogP) is 3.74. The lowest BCUT2D eigenvalue weighted by Gasteiger charge is -2.22. The van der Waals surface area contributed by atoms with Gasteiger partial charge in [-0.15, -0.1) is 24.0 Å². The summed E-state index contributed by atoms with van der Waals surface area (Å²) < 4.78 is 0. The molecule has 2 aliphatic rings. The molecule has 6 heteroatoms. The van der Waals surface area contributed by atoms with Crippen LogP contribution in [0, 0.1) is 11.8 Å². The molecular formula is C20H34IN5. The van der Waals surface area contributed by atoms with Crippen molar-refractivity contribution in [3.05, 3.63) is 23.9 Å². The number of rotatable bonds is 5. The van der Waals surface area contributed by atoms with Crippen LogP contribution in [0.1, 0.15) is 45.1 Å². The molecule has 0 radical (unpaired) electrons. The zero-order valence-electron chi connectivity index (χ0n) is 16.4. The first-order chi connectivity index (χ1) is 12.2. The van der Waals surface area contributed by atoms with Gasteiger partial charge < -0.3 is 15.1 Å². The van der Waals surface area contributed by atoms with Gasteiger partial charge in [-0.05, 0) is 49.1 Å². The van der Waals surface area contributed by atoms with Gasteiger partial charge in [-0.3, -0.25) is 4.99 Å². The van der Waals surface area contributed by atoms with Crippen molar-refractivity contribution in [3.63, 3.8) is 0 Å². The number of hydrogen-bond acceptors (Lipinski definition) is 3. The molecule has 0 aromatic carbocycles. The third-order valence-electron chi connectivity index (χ3n) is 5.29. The van der Waals surface area contributed by atoms with Gasteiger partial charge in [-0.25, -0.2) is 4.98 Å². The number of halogens is 1. The zero-order chi connectivity index (χ0) is 17.6. The highest BCUT2D eigenvalue weighted by Gasteiger charge is 2.25. The van der Waals surface area contributed by atoms with Gasteiger partial charge in [0.05, 0.1) is 0 Å². The first-order valence-electron chi connectivity index (χ1n) is 9.81. The van der Waals surface area contributed by atoms with Gasteiger partial charge in [0.2, 0.25) is 0 Å². The molecule has 2 aliphatic heterocycles. The van der Waals surface area contributed by atoms with Crippen LogP contribution in [0.15, 0.2) is 23.3 Å². The van der Waals surface area contributed by atoms with Crippen molar-refractivity contribution in [3.8, 4) is 0 Å². The average Bonchev–Trinajstić information content (AvgIpc) is 3.28. The lowest BCUT2D eigenvalue weighted by atomic mass is 9.97. The second-order valence-corrected chi connectivity index (χ2v) is 7.85. The van der Waals surface area contributed by atoms with E-state index in [1.165, 1.54) is 31.2 Å². The molecular weight excluding hydrogens is 437 g/mol. The van der Waals surface area contributed by atoms with Crippen LogP contribution in [0.2, 0.25) is 0 Å². The van der Waals surface area contributed by atoms with E-state index in [1.54, 1.807) is 0 Å². The number of aliphatic imine (C=N–C) groups is 1. The Kier molecular flexibility index (Phi) is 8.44. The molecule has 2 fully saturated rings. The van der Waals surface area contributed by atoms with Crippen LogP contribution in [-0.2, 0) is 6.54 Å². The number of anilines is 1. The van der Waals surface area contributed by atoms with Crippen molar-refractivity contribution >= 4 is 35.8 Å². The number of nitrogens with one attached hydrogen (secondary N) is 1. The van der Waals surface area contributed by atoms with Crippen LogP contribution in [-0.4, -0.2) is 49.1 Å². The van der Waals surface area contributed by atoms with E-state index in [0.29, 0.717) is 0 Å². The number of aromatic nitrogens is 1. The summed E-state index contributed by atoms with van der Waals surface area (Å²) in [5.41, 5.74) is 1.21. The summed E-state index contributed by atoms with van der Waals surface area (Å²) in [5.74, 6) is 3.72. The van der Waals surface area contributed by atoms with E-state index in [0.717, 1.165) is 56.3 Å². The predicted molar refractivity (Wildman–Crippen MR) is 120 cm³/mol. The molecule has 146 valence electrons. The third-order valence-corrected chi connectivity index (χ3v) is 5.29. The maximum absolute atomic E-state index is 4.64. The van der Waals surface area contributed by atoms with Gasteiger partial charge in [0.15, 0.2) is 5.96 Å². The molecule has 2 saturated heterocycles. The van der Waals surface area contributed by atoms with Crippen molar-refractivity contribution in [2.75, 3.05) is 38.1 Å². The maximum atomic E-state index is 4.64. The number of pyridine rings is 1. The molecule has 1 atom stereocenters. The molecule has 3 heterocycles. The van der Waals surface area contributed by atoms with Crippen molar-refractivity contribution < 1.29 is 0 Å². The second kappa shape index (κ2) is 10.3. The van der Waals surface area contributed by atoms with E-state index in [2.05, 4.69) is 51.1 Å². The number of likely N-dealkylation sites (tertiary alicyclic amines) is 1. The first-order valence-corrected chi connectivity index (χ1v) is 9.81. The van der Waals surface area contributed by atoms with Crippen LogP contribution < -0.4 is 10.2 Å². The van der Waals surface area contributed by atoms with Gasteiger partial charge in [0.25, 0.3) is 0 Å². The van der Waals surface area contributed by atoms with Gasteiger partial charge in [0, 0.05) is 46.0 Å². The summed E-state index contributed by atoms with van der Waals surface area (Å²) in [6.07, 6.45) is 7.17. The molecule has 1 unspecified atom stereocenters. The molecule has 26 heavy (non-hydrogen) atoms. The largest absolute Gasteiger partial charge is 0.357 e. The highest BCUT2D eigenvalue weighted by Crippen LogP contribution is 2.23. The molecule has 3 rings (SSSR count). The Morgan fingerprint density at radius 1 is 1.27 bits per heavy atom. The van der Waals surface area contributed by atoms with Gasteiger partial charge in [0.1, 0.15) is 5.82 Å². The molecule has 1 N–H and O–H groups in total. The van der Waals surface area contributed by atoms with Gasteiger partial charge >= 0.3 is 0 Å². The van der Waals surface area contributed by atoms with E-state index in [9.17, 15) is 0 Å². The van der Waals surface area contributed by atoms with E-state index >= 15 is 0 Å².